The fourth-order valence-electron chi connectivity index (χ4n) is 3.82. The van der Waals surface area contributed by atoms with Gasteiger partial charge in [-0.15, -0.1) is 0 Å². The highest BCUT2D eigenvalue weighted by molar-refractivity contribution is 7.92. The van der Waals surface area contributed by atoms with Crippen molar-refractivity contribution in [2.75, 3.05) is 29.9 Å². The van der Waals surface area contributed by atoms with Crippen LogP contribution in [0.15, 0.2) is 71.6 Å². The van der Waals surface area contributed by atoms with E-state index in [9.17, 15) is 13.2 Å². The predicted molar refractivity (Wildman–Crippen MR) is 122 cm³/mol. The minimum atomic E-state index is -3.80. The molecule has 0 aromatic heterocycles. The van der Waals surface area contributed by atoms with Crippen molar-refractivity contribution >= 4 is 27.3 Å². The second kappa shape index (κ2) is 8.07. The van der Waals surface area contributed by atoms with Gasteiger partial charge in [0.1, 0.15) is 5.75 Å². The number of fused-ring (bicyclic) bond motifs is 1. The van der Waals surface area contributed by atoms with Crippen LogP contribution < -0.4 is 13.9 Å². The molecule has 4 rings (SSSR count). The average molecular weight is 437 g/mol. The number of carbonyl (C=O) groups excluding carboxylic acids is 1. The molecule has 0 spiro atoms. The fraction of sp³-hybridized carbons (Fsp3) is 0.208. The van der Waals surface area contributed by atoms with E-state index in [0.717, 1.165) is 23.2 Å². The molecule has 0 saturated heterocycles. The Morgan fingerprint density at radius 2 is 1.74 bits per heavy atom. The predicted octanol–water partition coefficient (Wildman–Crippen LogP) is 4.03. The highest BCUT2D eigenvalue weighted by Crippen LogP contribution is 2.31. The van der Waals surface area contributed by atoms with Gasteiger partial charge in [-0.25, -0.2) is 8.42 Å². The maximum Gasteiger partial charge on any atom is 0.264 e. The van der Waals surface area contributed by atoms with E-state index in [4.69, 9.17) is 4.74 Å². The lowest BCUT2D eigenvalue weighted by molar-refractivity contribution is 0.0989. The Morgan fingerprint density at radius 1 is 1.03 bits per heavy atom. The van der Waals surface area contributed by atoms with Gasteiger partial charge in [0.25, 0.3) is 15.9 Å². The van der Waals surface area contributed by atoms with E-state index in [1.54, 1.807) is 35.2 Å². The van der Waals surface area contributed by atoms with Gasteiger partial charge in [0, 0.05) is 24.8 Å². The van der Waals surface area contributed by atoms with E-state index >= 15 is 0 Å². The Labute approximate surface area is 182 Å². The summed E-state index contributed by atoms with van der Waals surface area (Å²) in [6.07, 6.45) is 0.812. The van der Waals surface area contributed by atoms with Crippen molar-refractivity contribution < 1.29 is 17.9 Å². The van der Waals surface area contributed by atoms with Crippen molar-refractivity contribution in [2.45, 2.75) is 18.2 Å². The second-order valence-corrected chi connectivity index (χ2v) is 9.45. The summed E-state index contributed by atoms with van der Waals surface area (Å²) in [5.74, 6) is 0.442. The molecule has 0 radical (unpaired) electrons. The van der Waals surface area contributed by atoms with Crippen LogP contribution >= 0.6 is 0 Å². The normalized spacial score (nSPS) is 13.1. The first kappa shape index (κ1) is 20.9. The van der Waals surface area contributed by atoms with Gasteiger partial charge in [0.05, 0.1) is 17.7 Å². The van der Waals surface area contributed by atoms with E-state index in [0.29, 0.717) is 23.5 Å². The van der Waals surface area contributed by atoms with Gasteiger partial charge < -0.3 is 9.64 Å². The molecule has 160 valence electrons. The summed E-state index contributed by atoms with van der Waals surface area (Å²) in [5, 5.41) is 0. The molecular formula is C24H24N2O4S. The Morgan fingerprint density at radius 3 is 2.45 bits per heavy atom. The molecule has 1 aliphatic heterocycles. The largest absolute Gasteiger partial charge is 0.497 e. The topological polar surface area (TPSA) is 66.9 Å². The van der Waals surface area contributed by atoms with Gasteiger partial charge in [0.15, 0.2) is 0 Å². The van der Waals surface area contributed by atoms with E-state index in [1.165, 1.54) is 30.6 Å². The maximum atomic E-state index is 13.2. The van der Waals surface area contributed by atoms with Crippen molar-refractivity contribution in [3.8, 4) is 5.75 Å². The molecule has 0 fully saturated rings. The highest BCUT2D eigenvalue weighted by atomic mass is 32.2. The zero-order chi connectivity index (χ0) is 22.2. The van der Waals surface area contributed by atoms with Crippen LogP contribution in [0.4, 0.5) is 11.4 Å². The van der Waals surface area contributed by atoms with E-state index < -0.39 is 10.0 Å². The van der Waals surface area contributed by atoms with Gasteiger partial charge in [-0.3, -0.25) is 9.10 Å². The number of ether oxygens (including phenoxy) is 1. The van der Waals surface area contributed by atoms with Crippen LogP contribution in [0.25, 0.3) is 0 Å². The molecule has 3 aromatic rings. The van der Waals surface area contributed by atoms with E-state index in [2.05, 4.69) is 0 Å². The molecule has 31 heavy (non-hydrogen) atoms. The monoisotopic (exact) mass is 436 g/mol. The molecule has 0 atom stereocenters. The van der Waals surface area contributed by atoms with Crippen molar-refractivity contribution in [2.24, 2.45) is 0 Å². The fourth-order valence-corrected chi connectivity index (χ4v) is 5.07. The molecule has 0 unspecified atom stereocenters. The number of aryl methyl sites for hydroxylation is 1. The van der Waals surface area contributed by atoms with Crippen molar-refractivity contribution in [3.05, 3.63) is 83.4 Å². The molecule has 0 bridgehead atoms. The molecule has 1 heterocycles. The van der Waals surface area contributed by atoms with Crippen LogP contribution in [-0.4, -0.2) is 35.0 Å². The lowest BCUT2D eigenvalue weighted by Gasteiger charge is -2.23. The van der Waals surface area contributed by atoms with E-state index in [-0.39, 0.29) is 10.8 Å². The number of hydrogen-bond donors (Lipinski definition) is 0. The van der Waals surface area contributed by atoms with Crippen molar-refractivity contribution in [1.29, 1.82) is 0 Å². The van der Waals surface area contributed by atoms with Gasteiger partial charge in [-0.05, 0) is 66.9 Å². The molecule has 1 amide bonds. The first-order valence-electron chi connectivity index (χ1n) is 9.96. The number of nitrogens with zero attached hydrogens (tertiary/aromatic N) is 2. The Bertz CT molecular complexity index is 1240. The summed E-state index contributed by atoms with van der Waals surface area (Å²) in [7, 11) is -0.767. The molecular weight excluding hydrogens is 412 g/mol. The van der Waals surface area contributed by atoms with E-state index in [1.807, 2.05) is 31.2 Å². The lowest BCUT2D eigenvalue weighted by atomic mass is 10.1. The SMILES string of the molecule is COc1ccc(S(=O)(=O)N(C)c2cc(C(=O)N3CCc4ccccc43)ccc2C)cc1. The summed E-state index contributed by atoms with van der Waals surface area (Å²) in [6.45, 7) is 2.44. The minimum Gasteiger partial charge on any atom is -0.497 e. The van der Waals surface area contributed by atoms with Gasteiger partial charge in [-0.1, -0.05) is 24.3 Å². The summed E-state index contributed by atoms with van der Waals surface area (Å²) < 4.78 is 32.7. The van der Waals surface area contributed by atoms with Crippen LogP contribution in [0.5, 0.6) is 5.75 Å². The standard InChI is InChI=1S/C24H24N2O4S/c1-17-8-9-19(24(27)26-15-14-18-6-4-5-7-22(18)26)16-23(17)25(2)31(28,29)21-12-10-20(30-3)11-13-21/h4-13,16H,14-15H2,1-3H3. The number of rotatable bonds is 5. The Hall–Kier alpha value is -3.32. The third kappa shape index (κ3) is 3.77. The Kier molecular flexibility index (Phi) is 5.45. The number of sulfonamides is 1. The summed E-state index contributed by atoms with van der Waals surface area (Å²) >= 11 is 0. The van der Waals surface area contributed by atoms with Gasteiger partial charge in [-0.2, -0.15) is 0 Å². The molecule has 0 saturated carbocycles. The number of benzene rings is 3. The van der Waals surface area contributed by atoms with Crippen molar-refractivity contribution in [1.82, 2.24) is 0 Å². The van der Waals surface area contributed by atoms with Crippen LogP contribution in [-0.2, 0) is 16.4 Å². The number of carbonyl (C=O) groups is 1. The summed E-state index contributed by atoms with van der Waals surface area (Å²) in [4.78, 5) is 15.1. The third-order valence-corrected chi connectivity index (χ3v) is 7.43. The molecule has 3 aromatic carbocycles. The van der Waals surface area contributed by atoms with Gasteiger partial charge >= 0.3 is 0 Å². The number of amides is 1. The minimum absolute atomic E-state index is 0.138. The lowest BCUT2D eigenvalue weighted by Crippen LogP contribution is -2.30. The van der Waals surface area contributed by atoms with Crippen LogP contribution in [0.1, 0.15) is 21.5 Å². The number of anilines is 2. The third-order valence-electron chi connectivity index (χ3n) is 5.65. The van der Waals surface area contributed by atoms with Crippen LogP contribution in [0, 0.1) is 6.92 Å². The first-order chi connectivity index (χ1) is 14.8. The highest BCUT2D eigenvalue weighted by Gasteiger charge is 2.27. The zero-order valence-corrected chi connectivity index (χ0v) is 18.5. The molecule has 1 aliphatic rings. The van der Waals surface area contributed by atoms with Gasteiger partial charge in [0.2, 0.25) is 0 Å². The quantitative estimate of drug-likeness (QED) is 0.606. The number of methoxy groups -OCH3 is 1. The van der Waals surface area contributed by atoms with Crippen molar-refractivity contribution in [3.63, 3.8) is 0 Å². The average Bonchev–Trinajstić information content (AvgIpc) is 3.22. The molecule has 0 N–H and O–H groups in total. The number of hydrogen-bond acceptors (Lipinski definition) is 4. The van der Waals surface area contributed by atoms with Crippen LogP contribution in [0.2, 0.25) is 0 Å². The summed E-state index contributed by atoms with van der Waals surface area (Å²) in [5.41, 5.74) is 3.73. The maximum absolute atomic E-state index is 13.2. The second-order valence-electron chi connectivity index (χ2n) is 7.48. The smallest absolute Gasteiger partial charge is 0.264 e. The van der Waals surface area contributed by atoms with Crippen LogP contribution in [0.3, 0.4) is 0 Å². The summed E-state index contributed by atoms with van der Waals surface area (Å²) in [6, 6.07) is 19.3. The Balaban J connectivity index is 1.67. The molecule has 0 aliphatic carbocycles. The molecule has 6 nitrogen and oxygen atoms in total. The number of para-hydroxylation sites is 1. The molecule has 7 heteroatoms. The zero-order valence-electron chi connectivity index (χ0n) is 17.7. The first-order valence-corrected chi connectivity index (χ1v) is 11.4.